The standard InChI is InChI=1S/C20H26N6O2/c1-12-8-19(27)26-18(21-12)9-17(23-26)16-6-5-7-24(10-16)20(28)11-25-15(4)13(2)14(3)22-25/h8-9,16,23H,5-7,10-11H2,1-4H3. The van der Waals surface area contributed by atoms with Crippen molar-refractivity contribution in [2.45, 2.75) is 53.0 Å². The number of hydrogen-bond acceptors (Lipinski definition) is 4. The zero-order valence-electron chi connectivity index (χ0n) is 16.8. The Labute approximate surface area is 163 Å². The van der Waals surface area contributed by atoms with E-state index in [4.69, 9.17) is 0 Å². The number of nitrogens with one attached hydrogen (secondary N) is 1. The molecule has 1 aliphatic rings. The number of hydrogen-bond donors (Lipinski definition) is 1. The highest BCUT2D eigenvalue weighted by Gasteiger charge is 2.27. The Balaban J connectivity index is 1.52. The van der Waals surface area contributed by atoms with Crippen LogP contribution < -0.4 is 5.56 Å². The van der Waals surface area contributed by atoms with Gasteiger partial charge in [-0.2, -0.15) is 5.10 Å². The Morgan fingerprint density at radius 2 is 2.04 bits per heavy atom. The molecule has 3 aromatic heterocycles. The van der Waals surface area contributed by atoms with Gasteiger partial charge in [-0.25, -0.2) is 9.50 Å². The highest BCUT2D eigenvalue weighted by molar-refractivity contribution is 5.76. The second-order valence-corrected chi connectivity index (χ2v) is 7.77. The first-order valence-corrected chi connectivity index (χ1v) is 9.71. The quantitative estimate of drug-likeness (QED) is 0.749. The van der Waals surface area contributed by atoms with E-state index in [0.717, 1.165) is 42.0 Å². The Hall–Kier alpha value is -2.90. The molecule has 148 valence electrons. The van der Waals surface area contributed by atoms with Crippen LogP contribution in [-0.4, -0.2) is 48.3 Å². The number of fused-ring (bicyclic) bond motifs is 1. The van der Waals surface area contributed by atoms with E-state index in [1.165, 1.54) is 10.6 Å². The minimum atomic E-state index is -0.114. The average Bonchev–Trinajstić information content (AvgIpc) is 3.19. The van der Waals surface area contributed by atoms with Crippen molar-refractivity contribution in [1.82, 2.24) is 29.3 Å². The lowest BCUT2D eigenvalue weighted by Gasteiger charge is -2.32. The minimum absolute atomic E-state index is 0.0811. The van der Waals surface area contributed by atoms with E-state index in [-0.39, 0.29) is 23.9 Å². The molecule has 1 atom stereocenters. The van der Waals surface area contributed by atoms with Gasteiger partial charge in [-0.05, 0) is 46.1 Å². The monoisotopic (exact) mass is 382 g/mol. The lowest BCUT2D eigenvalue weighted by Crippen LogP contribution is -2.41. The molecule has 1 amide bonds. The SMILES string of the molecule is Cc1cc(=O)n2[nH]c(C3CCCN(C(=O)Cn4nc(C)c(C)c4C)C3)cc2n1. The lowest BCUT2D eigenvalue weighted by molar-refractivity contribution is -0.133. The molecule has 28 heavy (non-hydrogen) atoms. The van der Waals surface area contributed by atoms with Crippen LogP contribution in [0.2, 0.25) is 0 Å². The van der Waals surface area contributed by atoms with Gasteiger partial charge in [0.05, 0.1) is 5.69 Å². The summed E-state index contributed by atoms with van der Waals surface area (Å²) < 4.78 is 3.27. The van der Waals surface area contributed by atoms with Crippen LogP contribution in [0.5, 0.6) is 0 Å². The zero-order chi connectivity index (χ0) is 20.0. The summed E-state index contributed by atoms with van der Waals surface area (Å²) in [6.07, 6.45) is 1.91. The fraction of sp³-hybridized carbons (Fsp3) is 0.500. The summed E-state index contributed by atoms with van der Waals surface area (Å²) in [5, 5.41) is 7.66. The molecule has 0 radical (unpaired) electrons. The van der Waals surface area contributed by atoms with Gasteiger partial charge in [-0.1, -0.05) is 0 Å². The molecule has 0 bridgehead atoms. The summed E-state index contributed by atoms with van der Waals surface area (Å²) >= 11 is 0. The molecular weight excluding hydrogens is 356 g/mol. The van der Waals surface area contributed by atoms with Crippen LogP contribution in [0.3, 0.4) is 0 Å². The Morgan fingerprint density at radius 1 is 1.25 bits per heavy atom. The van der Waals surface area contributed by atoms with Crippen molar-refractivity contribution in [3.63, 3.8) is 0 Å². The molecule has 4 heterocycles. The first-order chi connectivity index (χ1) is 13.3. The molecule has 1 aliphatic heterocycles. The summed E-state index contributed by atoms with van der Waals surface area (Å²) in [7, 11) is 0. The number of nitrogens with zero attached hydrogens (tertiary/aromatic N) is 5. The molecule has 1 N–H and O–H groups in total. The number of carbonyl (C=O) groups is 1. The van der Waals surface area contributed by atoms with Gasteiger partial charge in [-0.3, -0.25) is 19.4 Å². The Bertz CT molecular complexity index is 1110. The average molecular weight is 382 g/mol. The second-order valence-electron chi connectivity index (χ2n) is 7.77. The number of aromatic nitrogens is 5. The minimum Gasteiger partial charge on any atom is -0.340 e. The molecule has 1 fully saturated rings. The van der Waals surface area contributed by atoms with Gasteiger partial charge in [0.15, 0.2) is 5.65 Å². The van der Waals surface area contributed by atoms with Gasteiger partial charge in [0, 0.05) is 48.2 Å². The number of aryl methyl sites for hydroxylation is 2. The van der Waals surface area contributed by atoms with E-state index in [2.05, 4.69) is 15.2 Å². The van der Waals surface area contributed by atoms with Crippen LogP contribution in [0.4, 0.5) is 0 Å². The van der Waals surface area contributed by atoms with Crippen molar-refractivity contribution in [1.29, 1.82) is 0 Å². The number of H-pyrrole nitrogens is 1. The first-order valence-electron chi connectivity index (χ1n) is 9.71. The lowest BCUT2D eigenvalue weighted by atomic mass is 9.95. The number of likely N-dealkylation sites (tertiary alicyclic amines) is 1. The van der Waals surface area contributed by atoms with Crippen LogP contribution >= 0.6 is 0 Å². The predicted octanol–water partition coefficient (Wildman–Crippen LogP) is 1.86. The van der Waals surface area contributed by atoms with Crippen LogP contribution in [0.15, 0.2) is 16.9 Å². The zero-order valence-corrected chi connectivity index (χ0v) is 16.8. The van der Waals surface area contributed by atoms with Crippen molar-refractivity contribution in [3.05, 3.63) is 50.8 Å². The number of piperidine rings is 1. The van der Waals surface area contributed by atoms with Gasteiger partial charge in [-0.15, -0.1) is 0 Å². The van der Waals surface area contributed by atoms with Crippen LogP contribution in [0.25, 0.3) is 5.65 Å². The van der Waals surface area contributed by atoms with Gasteiger partial charge in [0.1, 0.15) is 6.54 Å². The van der Waals surface area contributed by atoms with Crippen LogP contribution in [0, 0.1) is 27.7 Å². The van der Waals surface area contributed by atoms with Gasteiger partial charge in [0.25, 0.3) is 5.56 Å². The van der Waals surface area contributed by atoms with Crippen LogP contribution in [0.1, 0.15) is 47.1 Å². The van der Waals surface area contributed by atoms with E-state index in [1.807, 2.05) is 38.7 Å². The number of amides is 1. The van der Waals surface area contributed by atoms with Gasteiger partial charge < -0.3 is 4.90 Å². The topological polar surface area (TPSA) is 88.3 Å². The van der Waals surface area contributed by atoms with E-state index in [0.29, 0.717) is 17.9 Å². The molecule has 1 saturated heterocycles. The summed E-state index contributed by atoms with van der Waals surface area (Å²) in [4.78, 5) is 31.4. The molecule has 8 nitrogen and oxygen atoms in total. The summed E-state index contributed by atoms with van der Waals surface area (Å²) in [5.41, 5.74) is 5.31. The molecule has 1 unspecified atom stereocenters. The van der Waals surface area contributed by atoms with Gasteiger partial charge in [0.2, 0.25) is 5.91 Å². The van der Waals surface area contributed by atoms with Crippen molar-refractivity contribution in [3.8, 4) is 0 Å². The van der Waals surface area contributed by atoms with Crippen molar-refractivity contribution in [2.24, 2.45) is 0 Å². The third kappa shape index (κ3) is 3.23. The van der Waals surface area contributed by atoms with E-state index < -0.39 is 0 Å². The maximum Gasteiger partial charge on any atom is 0.272 e. The van der Waals surface area contributed by atoms with Crippen molar-refractivity contribution >= 4 is 11.6 Å². The number of carbonyl (C=O) groups excluding carboxylic acids is 1. The smallest absolute Gasteiger partial charge is 0.272 e. The molecule has 0 saturated carbocycles. The highest BCUT2D eigenvalue weighted by Crippen LogP contribution is 2.26. The molecule has 0 aromatic carbocycles. The summed E-state index contributed by atoms with van der Waals surface area (Å²) in [5.74, 6) is 0.249. The fourth-order valence-electron chi connectivity index (χ4n) is 3.96. The van der Waals surface area contributed by atoms with Gasteiger partial charge >= 0.3 is 0 Å². The fourth-order valence-corrected chi connectivity index (χ4v) is 3.96. The third-order valence-corrected chi connectivity index (χ3v) is 5.84. The maximum atomic E-state index is 12.9. The number of rotatable bonds is 3. The predicted molar refractivity (Wildman–Crippen MR) is 106 cm³/mol. The van der Waals surface area contributed by atoms with E-state index >= 15 is 0 Å². The largest absolute Gasteiger partial charge is 0.340 e. The first kappa shape index (κ1) is 18.5. The van der Waals surface area contributed by atoms with E-state index in [9.17, 15) is 9.59 Å². The normalized spacial score (nSPS) is 17.4. The van der Waals surface area contributed by atoms with Crippen molar-refractivity contribution in [2.75, 3.05) is 13.1 Å². The Kier molecular flexibility index (Phi) is 4.56. The summed E-state index contributed by atoms with van der Waals surface area (Å²) in [6, 6.07) is 3.44. The molecular formula is C20H26N6O2. The molecule has 4 rings (SSSR count). The molecule has 8 heteroatoms. The number of aromatic amines is 1. The second kappa shape index (κ2) is 6.92. The van der Waals surface area contributed by atoms with Crippen molar-refractivity contribution < 1.29 is 4.79 Å². The molecule has 3 aromatic rings. The molecule has 0 spiro atoms. The van der Waals surface area contributed by atoms with Crippen LogP contribution in [-0.2, 0) is 11.3 Å². The highest BCUT2D eigenvalue weighted by atomic mass is 16.2. The third-order valence-electron chi connectivity index (χ3n) is 5.84. The Morgan fingerprint density at radius 3 is 2.75 bits per heavy atom. The molecule has 0 aliphatic carbocycles. The summed E-state index contributed by atoms with van der Waals surface area (Å²) in [6.45, 7) is 9.47. The maximum absolute atomic E-state index is 12.9. The van der Waals surface area contributed by atoms with E-state index in [1.54, 1.807) is 4.68 Å².